The molecule has 3 rings (SSSR count). The molecule has 0 heterocycles. The minimum atomic E-state index is -4.25. The number of hydrogen-bond donors (Lipinski definition) is 1. The highest BCUT2D eigenvalue weighted by atomic mass is 35.5. The predicted octanol–water partition coefficient (Wildman–Crippen LogP) is 6.69. The third-order valence-corrected chi connectivity index (χ3v) is 8.76. The van der Waals surface area contributed by atoms with E-state index < -0.39 is 34.4 Å². The number of rotatable bonds is 11. The molecule has 0 aromatic heterocycles. The highest BCUT2D eigenvalue weighted by Gasteiger charge is 2.33. The molecule has 214 valence electrons. The van der Waals surface area contributed by atoms with Crippen LogP contribution in [0.15, 0.2) is 71.6 Å². The van der Waals surface area contributed by atoms with Crippen LogP contribution < -0.4 is 9.62 Å². The molecule has 1 N–H and O–H groups in total. The van der Waals surface area contributed by atoms with Crippen molar-refractivity contribution in [3.63, 3.8) is 0 Å². The summed E-state index contributed by atoms with van der Waals surface area (Å²) in [7, 11) is -4.25. The Balaban J connectivity index is 2.06. The molecule has 0 saturated carbocycles. The number of carbonyl (C=O) groups excluding carboxylic acids is 2. The third kappa shape index (κ3) is 8.27. The number of halogens is 4. The maximum atomic E-state index is 13.9. The maximum absolute atomic E-state index is 13.9. The van der Waals surface area contributed by atoms with Crippen LogP contribution in [0.2, 0.25) is 20.1 Å². The second kappa shape index (κ2) is 13.9. The molecule has 0 bridgehead atoms. The fraction of sp³-hybridized carbons (Fsp3) is 0.286. The summed E-state index contributed by atoms with van der Waals surface area (Å²) in [6.07, 6.45) is 0. The lowest BCUT2D eigenvalue weighted by Gasteiger charge is -2.32. The van der Waals surface area contributed by atoms with E-state index in [0.717, 1.165) is 4.31 Å². The fourth-order valence-corrected chi connectivity index (χ4v) is 6.20. The molecule has 0 aliphatic rings. The average molecular weight is 645 g/mol. The van der Waals surface area contributed by atoms with Crippen molar-refractivity contribution in [2.24, 2.45) is 5.92 Å². The Morgan fingerprint density at radius 1 is 0.850 bits per heavy atom. The van der Waals surface area contributed by atoms with Gasteiger partial charge in [-0.15, -0.1) is 0 Å². The van der Waals surface area contributed by atoms with E-state index in [-0.39, 0.29) is 33.1 Å². The summed E-state index contributed by atoms with van der Waals surface area (Å²) in [6, 6.07) is 15.8. The van der Waals surface area contributed by atoms with Crippen LogP contribution in [0.4, 0.5) is 5.69 Å². The van der Waals surface area contributed by atoms with Gasteiger partial charge in [0.1, 0.15) is 12.6 Å². The molecule has 0 spiro atoms. The normalized spacial score (nSPS) is 12.2. The van der Waals surface area contributed by atoms with Crippen LogP contribution in [0.25, 0.3) is 0 Å². The zero-order chi connectivity index (χ0) is 29.6. The molecular formula is C28H29Cl4N3O4S. The van der Waals surface area contributed by atoms with Gasteiger partial charge in [-0.2, -0.15) is 0 Å². The molecule has 0 aliphatic heterocycles. The molecule has 0 saturated heterocycles. The number of amides is 2. The summed E-state index contributed by atoms with van der Waals surface area (Å²) in [5.74, 6) is -0.852. The van der Waals surface area contributed by atoms with Crippen molar-refractivity contribution in [2.75, 3.05) is 17.4 Å². The Kier molecular flexibility index (Phi) is 11.1. The summed E-state index contributed by atoms with van der Waals surface area (Å²) in [5.41, 5.74) is 0.627. The number of sulfonamides is 1. The number of nitrogens with one attached hydrogen (secondary N) is 1. The lowest BCUT2D eigenvalue weighted by atomic mass is 10.1. The third-order valence-electron chi connectivity index (χ3n) is 5.95. The van der Waals surface area contributed by atoms with Crippen LogP contribution in [-0.4, -0.2) is 44.3 Å². The molecule has 3 aromatic carbocycles. The second-order valence-corrected chi connectivity index (χ2v) is 13.1. The van der Waals surface area contributed by atoms with Gasteiger partial charge in [-0.25, -0.2) is 8.42 Å². The van der Waals surface area contributed by atoms with Gasteiger partial charge in [-0.1, -0.05) is 84.5 Å². The van der Waals surface area contributed by atoms with Crippen molar-refractivity contribution in [1.82, 2.24) is 10.2 Å². The Morgan fingerprint density at radius 2 is 1.48 bits per heavy atom. The standard InChI is InChI=1S/C28H29Cl4N3O4S/c1-18(2)15-33-28(37)19(3)34(16-20-9-10-21(29)14-26(20)32)27(36)17-35(24-12-22(30)11-23(31)13-24)40(38,39)25-7-5-4-6-8-25/h4-14,18-19H,15-17H2,1-3H3,(H,33,37)/t19-/m1/s1. The van der Waals surface area contributed by atoms with E-state index in [0.29, 0.717) is 22.2 Å². The molecule has 0 unspecified atom stereocenters. The molecule has 0 fully saturated rings. The summed E-state index contributed by atoms with van der Waals surface area (Å²) in [6.45, 7) is 5.17. The van der Waals surface area contributed by atoms with Gasteiger partial charge in [0.05, 0.1) is 10.6 Å². The highest BCUT2D eigenvalue weighted by Crippen LogP contribution is 2.30. The lowest BCUT2D eigenvalue weighted by molar-refractivity contribution is -0.139. The topological polar surface area (TPSA) is 86.8 Å². The highest BCUT2D eigenvalue weighted by molar-refractivity contribution is 7.92. The van der Waals surface area contributed by atoms with Crippen LogP contribution in [0, 0.1) is 5.92 Å². The molecule has 40 heavy (non-hydrogen) atoms. The first-order valence-electron chi connectivity index (χ1n) is 12.3. The SMILES string of the molecule is CC(C)CNC(=O)[C@@H](C)N(Cc1ccc(Cl)cc1Cl)C(=O)CN(c1cc(Cl)cc(Cl)c1)S(=O)(=O)c1ccccc1. The Hall–Kier alpha value is -2.49. The van der Waals surface area contributed by atoms with E-state index in [9.17, 15) is 18.0 Å². The van der Waals surface area contributed by atoms with E-state index >= 15 is 0 Å². The van der Waals surface area contributed by atoms with Crippen LogP contribution in [0.5, 0.6) is 0 Å². The van der Waals surface area contributed by atoms with Gasteiger partial charge in [-0.05, 0) is 60.9 Å². The number of nitrogens with zero attached hydrogens (tertiary/aromatic N) is 2. The van der Waals surface area contributed by atoms with Crippen molar-refractivity contribution in [2.45, 2.75) is 38.3 Å². The number of anilines is 1. The zero-order valence-electron chi connectivity index (χ0n) is 22.1. The van der Waals surface area contributed by atoms with Crippen LogP contribution in [0.3, 0.4) is 0 Å². The van der Waals surface area contributed by atoms with Crippen LogP contribution in [-0.2, 0) is 26.2 Å². The van der Waals surface area contributed by atoms with Gasteiger partial charge in [0.2, 0.25) is 11.8 Å². The van der Waals surface area contributed by atoms with Gasteiger partial charge in [0.25, 0.3) is 10.0 Å². The molecule has 2 amide bonds. The van der Waals surface area contributed by atoms with Crippen molar-refractivity contribution < 1.29 is 18.0 Å². The molecule has 12 heteroatoms. The maximum Gasteiger partial charge on any atom is 0.264 e. The van der Waals surface area contributed by atoms with Crippen molar-refractivity contribution >= 4 is 73.9 Å². The lowest BCUT2D eigenvalue weighted by Crippen LogP contribution is -2.51. The van der Waals surface area contributed by atoms with E-state index in [2.05, 4.69) is 5.32 Å². The van der Waals surface area contributed by atoms with Crippen molar-refractivity contribution in [1.29, 1.82) is 0 Å². The Bertz CT molecular complexity index is 1450. The smallest absolute Gasteiger partial charge is 0.264 e. The first-order chi connectivity index (χ1) is 18.8. The molecule has 3 aromatic rings. The molecule has 0 radical (unpaired) electrons. The fourth-order valence-electron chi connectivity index (χ4n) is 3.80. The quantitative estimate of drug-likeness (QED) is 0.252. The minimum absolute atomic E-state index is 0.0334. The van der Waals surface area contributed by atoms with Crippen LogP contribution >= 0.6 is 46.4 Å². The van der Waals surface area contributed by atoms with Gasteiger partial charge < -0.3 is 10.2 Å². The minimum Gasteiger partial charge on any atom is -0.354 e. The number of benzene rings is 3. The van der Waals surface area contributed by atoms with Crippen molar-refractivity contribution in [3.8, 4) is 0 Å². The molecular weight excluding hydrogens is 616 g/mol. The Labute approximate surface area is 255 Å². The molecule has 0 aliphatic carbocycles. The van der Waals surface area contributed by atoms with E-state index in [1.807, 2.05) is 13.8 Å². The van der Waals surface area contributed by atoms with Gasteiger partial charge in [0, 0.05) is 33.2 Å². The first-order valence-corrected chi connectivity index (χ1v) is 15.3. The summed E-state index contributed by atoms with van der Waals surface area (Å²) < 4.78 is 28.5. The Morgan fingerprint density at radius 3 is 2.05 bits per heavy atom. The average Bonchev–Trinajstić information content (AvgIpc) is 2.89. The first kappa shape index (κ1) is 32.0. The summed E-state index contributed by atoms with van der Waals surface area (Å²) >= 11 is 24.8. The second-order valence-electron chi connectivity index (χ2n) is 9.52. The largest absolute Gasteiger partial charge is 0.354 e. The van der Waals surface area contributed by atoms with E-state index in [4.69, 9.17) is 46.4 Å². The summed E-state index contributed by atoms with van der Waals surface area (Å²) in [5, 5.41) is 3.92. The van der Waals surface area contributed by atoms with E-state index in [1.54, 1.807) is 37.3 Å². The number of carbonyl (C=O) groups is 2. The summed E-state index contributed by atoms with van der Waals surface area (Å²) in [4.78, 5) is 28.3. The van der Waals surface area contributed by atoms with Gasteiger partial charge in [0.15, 0.2) is 0 Å². The molecule has 1 atom stereocenters. The predicted molar refractivity (Wildman–Crippen MR) is 162 cm³/mol. The van der Waals surface area contributed by atoms with Gasteiger partial charge in [-0.3, -0.25) is 13.9 Å². The monoisotopic (exact) mass is 643 g/mol. The number of hydrogen-bond acceptors (Lipinski definition) is 4. The molecule has 7 nitrogen and oxygen atoms in total. The van der Waals surface area contributed by atoms with E-state index in [1.165, 1.54) is 41.3 Å². The van der Waals surface area contributed by atoms with Crippen LogP contribution in [0.1, 0.15) is 26.3 Å². The van der Waals surface area contributed by atoms with Crippen molar-refractivity contribution in [3.05, 3.63) is 92.4 Å². The zero-order valence-corrected chi connectivity index (χ0v) is 25.9. The van der Waals surface area contributed by atoms with Gasteiger partial charge >= 0.3 is 0 Å².